The van der Waals surface area contributed by atoms with Gasteiger partial charge in [-0.25, -0.2) is 0 Å². The van der Waals surface area contributed by atoms with Crippen LogP contribution in [0.3, 0.4) is 0 Å². The Morgan fingerprint density at radius 1 is 0.281 bits per heavy atom. The number of nitrogens with one attached hydrogen (secondary N) is 1. The molecular weight excluding hydrogens is 1430 g/mol. The second-order valence-corrected chi connectivity index (χ2v) is 21.5. The van der Waals surface area contributed by atoms with Crippen molar-refractivity contribution in [2.75, 3.05) is 48.1 Å². The predicted octanol–water partition coefficient (Wildman–Crippen LogP) is 11.4. The summed E-state index contributed by atoms with van der Waals surface area (Å²) in [5.41, 5.74) is 19.9. The molecule has 0 amide bonds. The summed E-state index contributed by atoms with van der Waals surface area (Å²) in [6.07, 6.45) is 4.33. The zero-order chi connectivity index (χ0) is 68.0. The summed E-state index contributed by atoms with van der Waals surface area (Å²) in [6.45, 7) is 17.2. The van der Waals surface area contributed by atoms with Crippen molar-refractivity contribution in [1.29, 1.82) is 0 Å². The van der Waals surface area contributed by atoms with Gasteiger partial charge in [0.15, 0.2) is 0 Å². The van der Waals surface area contributed by atoms with Gasteiger partial charge in [0.1, 0.15) is 0 Å². The van der Waals surface area contributed by atoms with Gasteiger partial charge in [-0.3, -0.25) is 0 Å². The number of quaternary nitrogens is 1. The van der Waals surface area contributed by atoms with Crippen molar-refractivity contribution < 1.29 is 97.1 Å². The monoisotopic (exact) mass is 1520 g/mol. The zero-order valence-corrected chi connectivity index (χ0v) is 60.9. The first-order chi connectivity index (χ1) is 45.4. The molecule has 0 aliphatic carbocycles. The molecule has 0 heterocycles. The molecule has 0 spiro atoms. The van der Waals surface area contributed by atoms with Crippen molar-refractivity contribution in [3.05, 3.63) is 285 Å². The van der Waals surface area contributed by atoms with Crippen LogP contribution in [0.25, 0.3) is 66.8 Å². The van der Waals surface area contributed by atoms with Crippen LogP contribution in [0.2, 0.25) is 0 Å². The Morgan fingerprint density at radius 3 is 0.625 bits per heavy atom. The van der Waals surface area contributed by atoms with E-state index >= 15 is 0 Å². The van der Waals surface area contributed by atoms with E-state index in [4.69, 9.17) is 20.4 Å². The average molecular weight is 1520 g/mol. The fraction of sp³-hybridized carbons (Fsp3) is 0.232. The van der Waals surface area contributed by atoms with Crippen molar-refractivity contribution in [3.63, 3.8) is 0 Å². The summed E-state index contributed by atoms with van der Waals surface area (Å²) in [4.78, 5) is 40.1. The van der Waals surface area contributed by atoms with Gasteiger partial charge in [0.2, 0.25) is 0 Å². The van der Waals surface area contributed by atoms with Crippen molar-refractivity contribution in [2.24, 2.45) is 0 Å². The smallest absolute Gasteiger partial charge is 0.0742 e. The summed E-state index contributed by atoms with van der Waals surface area (Å²) in [6, 6.07) is 69.9. The number of carboxylic acids is 3. The van der Waals surface area contributed by atoms with Crippen LogP contribution in [0.4, 0.5) is 0 Å². The fourth-order valence-electron chi connectivity index (χ4n) is 12.4. The molecule has 0 radical (unpaired) electrons. The fourth-order valence-corrected chi connectivity index (χ4v) is 12.4. The molecule has 13 nitrogen and oxygen atoms in total. The molecule has 10 rings (SSSR count). The number of aromatic carboxylic acids is 3. The number of carbonyl (C=O) groups excluding carboxylic acids is 3. The molecule has 0 bridgehead atoms. The summed E-state index contributed by atoms with van der Waals surface area (Å²) < 4.78 is 0. The van der Waals surface area contributed by atoms with E-state index in [1.807, 2.05) is 182 Å². The normalized spacial score (nSPS) is 10.0. The largest absolute Gasteiger partial charge is 2.00 e. The minimum absolute atomic E-state index is 0. The summed E-state index contributed by atoms with van der Waals surface area (Å²) in [5, 5.41) is 66.5. The summed E-state index contributed by atoms with van der Waals surface area (Å²) in [5.74, 6) is -3.69. The van der Waals surface area contributed by atoms with E-state index in [2.05, 4.69) is 77.9 Å². The molecule has 504 valence electrons. The van der Waals surface area contributed by atoms with Crippen LogP contribution in [0.5, 0.6) is 0 Å². The van der Waals surface area contributed by atoms with E-state index in [0.29, 0.717) is 52.6 Å². The van der Waals surface area contributed by atoms with Crippen molar-refractivity contribution in [1.82, 2.24) is 0 Å². The van der Waals surface area contributed by atoms with Crippen LogP contribution in [-0.2, 0) is 49.5 Å². The average Bonchev–Trinajstić information content (AvgIpc) is 0.769. The number of benzene rings is 10. The zero-order valence-electron chi connectivity index (χ0n) is 56.7. The van der Waals surface area contributed by atoms with Crippen LogP contribution >= 0.6 is 0 Å². The Hall–Kier alpha value is -8.62. The quantitative estimate of drug-likeness (QED) is 0.0454. The Morgan fingerprint density at radius 2 is 0.469 bits per heavy atom. The maximum absolute atomic E-state index is 12.8. The van der Waals surface area contributed by atoms with E-state index in [1.54, 1.807) is 4.90 Å². The van der Waals surface area contributed by atoms with E-state index in [-0.39, 0.29) is 58.8 Å². The molecule has 0 saturated heterocycles. The molecule has 0 atom stereocenters. The molecule has 0 saturated carbocycles. The number of rotatable bonds is 21. The first kappa shape index (κ1) is 83.5. The molecule has 0 unspecified atom stereocenters. The first-order valence-electron chi connectivity index (χ1n) is 31.7. The van der Waals surface area contributed by atoms with Gasteiger partial charge in [0.25, 0.3) is 0 Å². The standard InChI is InChI=1S/C72H60O6.C6H15N.4CH4O.2O.U/c1-4-55-64(43-46-31-37-52(38-32-46)61-28-16-25-58(67(61)70(73)74)49-19-10-7-11-20-49)56(5-2)66(45-48-35-41-54(42-36-48)63-30-18-27-60(69(63)72(77)78)51-23-14-9-15-24-51)57(6-3)65(55)44-47-33-39-53(40-34-47)62-29-17-26-59(68(62)71(75)76)50-21-12-8-13-22-50;1-4-7(5-2)6-3;4*1-2;;;/h7-42H,4-6,43-45H2,1-3H3,(H,73,74)(H,75,76)(H,77,78);4-6H2,1-3H3;4*2H,1H3;;;/q;;;;;;2*-2;/p-2. The van der Waals surface area contributed by atoms with Gasteiger partial charge in [0.05, 0.1) is 37.5 Å². The third kappa shape index (κ3) is 20.7. The second-order valence-electron chi connectivity index (χ2n) is 21.5. The number of aliphatic hydroxyl groups excluding tert-OH is 4. The van der Waals surface area contributed by atoms with Gasteiger partial charge in [-0.15, -0.1) is 0 Å². The van der Waals surface area contributed by atoms with Crippen LogP contribution < -0.4 is 20.2 Å². The molecule has 0 aromatic heterocycles. The molecule has 10 aromatic carbocycles. The Bertz CT molecular complexity index is 3520. The molecule has 0 aliphatic heterocycles. The Labute approximate surface area is 591 Å². The van der Waals surface area contributed by atoms with Gasteiger partial charge in [0, 0.05) is 76.2 Å². The predicted molar refractivity (Wildman–Crippen MR) is 374 cm³/mol. The second kappa shape index (κ2) is 43.5. The first-order valence-corrected chi connectivity index (χ1v) is 31.7. The van der Waals surface area contributed by atoms with Crippen LogP contribution in [0.15, 0.2) is 218 Å². The third-order valence-electron chi connectivity index (χ3n) is 16.7. The van der Waals surface area contributed by atoms with Crippen LogP contribution in [0.1, 0.15) is 123 Å². The number of carboxylic acid groups (broad SMARTS) is 3. The number of carbonyl (C=O) groups is 3. The summed E-state index contributed by atoms with van der Waals surface area (Å²) >= 11 is 0. The van der Waals surface area contributed by atoms with E-state index < -0.39 is 17.9 Å². The van der Waals surface area contributed by atoms with Crippen LogP contribution in [0, 0.1) is 31.1 Å². The maximum atomic E-state index is 12.8. The third-order valence-corrected chi connectivity index (χ3v) is 16.7. The maximum Gasteiger partial charge on any atom is 0.0742 e. The molecule has 0 aliphatic rings. The minimum Gasteiger partial charge on any atom is -2.00 e. The van der Waals surface area contributed by atoms with Crippen LogP contribution in [-0.4, -0.2) is 86.4 Å². The minimum atomic E-state index is -1.23. The van der Waals surface area contributed by atoms with Gasteiger partial charge in [-0.2, -0.15) is 0 Å². The molecular formula is C82H89NO12U-6. The van der Waals surface area contributed by atoms with E-state index in [9.17, 15) is 29.7 Å². The van der Waals surface area contributed by atoms with Gasteiger partial charge in [-0.1, -0.05) is 239 Å². The topological polar surface area (TPSA) is 263 Å². The molecule has 96 heavy (non-hydrogen) atoms. The number of hydrogen-bond acceptors (Lipinski definition) is 10. The van der Waals surface area contributed by atoms with E-state index in [0.717, 1.165) is 97.8 Å². The molecule has 10 aromatic rings. The van der Waals surface area contributed by atoms with Crippen molar-refractivity contribution in [3.8, 4) is 66.8 Å². The van der Waals surface area contributed by atoms with Gasteiger partial charge in [-0.05, 0) is 176 Å². The van der Waals surface area contributed by atoms with Crippen molar-refractivity contribution >= 4 is 17.9 Å². The Kier molecular flexibility index (Phi) is 37.8. The van der Waals surface area contributed by atoms with Gasteiger partial charge < -0.3 is 66.0 Å². The van der Waals surface area contributed by atoms with Gasteiger partial charge >= 0.3 is 0 Å². The molecule has 14 heteroatoms. The molecule has 5 N–H and O–H groups in total. The van der Waals surface area contributed by atoms with E-state index in [1.165, 1.54) is 53.0 Å². The number of aliphatic hydroxyl groups is 4. The Balaban J connectivity index is 0.00000160. The van der Waals surface area contributed by atoms with Crippen molar-refractivity contribution in [2.45, 2.75) is 80.1 Å². The SMILES string of the molecule is CC[NH+](CC)CC.CCc1c(Cc2ccc(-c3cccc(-c4ccccc4)c3C(=O)[O-])cc2)c(CC)c(Cc2ccc(-c3cccc(-c4ccccc4)c3C(=O)[O-])cc2)c(CC)c1Cc1ccc(-c2cccc(-c3ccccc3)c2C(=O)[O-])cc1.CO.CO.CO.CO.[O-2].[O-2].[U]. The number of hydrogen-bond donors (Lipinski definition) is 5. The molecule has 0 fully saturated rings. The summed E-state index contributed by atoms with van der Waals surface area (Å²) in [7, 11) is 4.00.